The Bertz CT molecular complexity index is 720. The molecule has 0 fully saturated rings. The van der Waals surface area contributed by atoms with Crippen LogP contribution in [0.5, 0.6) is 0 Å². The summed E-state index contributed by atoms with van der Waals surface area (Å²) in [4.78, 5) is 22.6. The number of carbonyl (C=O) groups excluding carboxylic acids is 1. The van der Waals surface area contributed by atoms with Crippen molar-refractivity contribution >= 4 is 17.6 Å². The summed E-state index contributed by atoms with van der Waals surface area (Å²) < 4.78 is 39.2. The standard InChI is InChI=1S/C13H10F3N3O3/c1-19-6-9(10(18-19)13(14,15)16)11(20)17-8-4-2-7(3-5-8)12(21)22/h2-6H,1H3,(H,17,20)(H,21,22). The zero-order valence-electron chi connectivity index (χ0n) is 11.2. The van der Waals surface area contributed by atoms with Gasteiger partial charge in [0.05, 0.1) is 11.1 Å². The Labute approximate surface area is 122 Å². The third-order valence-electron chi connectivity index (χ3n) is 2.73. The molecule has 2 rings (SSSR count). The number of amides is 1. The Balaban J connectivity index is 2.24. The highest BCUT2D eigenvalue weighted by atomic mass is 19.4. The molecule has 2 N–H and O–H groups in total. The van der Waals surface area contributed by atoms with Crippen LogP contribution in [-0.2, 0) is 13.2 Å². The number of benzene rings is 1. The quantitative estimate of drug-likeness (QED) is 0.911. The third kappa shape index (κ3) is 3.25. The maximum absolute atomic E-state index is 12.8. The lowest BCUT2D eigenvalue weighted by Gasteiger charge is -2.07. The number of hydrogen-bond donors (Lipinski definition) is 2. The number of alkyl halides is 3. The number of carboxylic acid groups (broad SMARTS) is 1. The molecule has 0 aliphatic heterocycles. The number of anilines is 1. The largest absolute Gasteiger partial charge is 0.478 e. The predicted octanol–water partition coefficient (Wildman–Crippen LogP) is 2.39. The van der Waals surface area contributed by atoms with E-state index >= 15 is 0 Å². The number of carboxylic acids is 1. The Morgan fingerprint density at radius 2 is 1.82 bits per heavy atom. The van der Waals surface area contributed by atoms with E-state index in [-0.39, 0.29) is 11.3 Å². The minimum Gasteiger partial charge on any atom is -0.478 e. The van der Waals surface area contributed by atoms with E-state index in [4.69, 9.17) is 5.11 Å². The minimum absolute atomic E-state index is 0.00430. The highest BCUT2D eigenvalue weighted by Gasteiger charge is 2.38. The van der Waals surface area contributed by atoms with Crippen molar-refractivity contribution in [1.29, 1.82) is 0 Å². The summed E-state index contributed by atoms with van der Waals surface area (Å²) in [6.45, 7) is 0. The van der Waals surface area contributed by atoms with Crippen LogP contribution in [0.2, 0.25) is 0 Å². The first-order valence-electron chi connectivity index (χ1n) is 5.94. The minimum atomic E-state index is -4.75. The molecule has 0 saturated carbocycles. The van der Waals surface area contributed by atoms with Gasteiger partial charge in [-0.3, -0.25) is 9.48 Å². The second-order valence-corrected chi connectivity index (χ2v) is 4.40. The topological polar surface area (TPSA) is 84.2 Å². The summed E-state index contributed by atoms with van der Waals surface area (Å²) in [5, 5.41) is 14.2. The number of hydrogen-bond acceptors (Lipinski definition) is 3. The van der Waals surface area contributed by atoms with E-state index < -0.39 is 29.3 Å². The number of nitrogens with zero attached hydrogens (tertiary/aromatic N) is 2. The van der Waals surface area contributed by atoms with Gasteiger partial charge in [0.1, 0.15) is 0 Å². The SMILES string of the molecule is Cn1cc(C(=O)Nc2ccc(C(=O)O)cc2)c(C(F)(F)F)n1. The molecule has 0 unspecified atom stereocenters. The molecule has 0 spiro atoms. The number of halogens is 3. The molecule has 116 valence electrons. The summed E-state index contributed by atoms with van der Waals surface area (Å²) in [6, 6.07) is 5.02. The van der Waals surface area contributed by atoms with Crippen molar-refractivity contribution in [3.05, 3.63) is 47.3 Å². The Kier molecular flexibility index (Phi) is 3.89. The molecule has 0 saturated heterocycles. The molecule has 2 aromatic rings. The van der Waals surface area contributed by atoms with Gasteiger partial charge >= 0.3 is 12.1 Å². The Morgan fingerprint density at radius 1 is 1.23 bits per heavy atom. The molecule has 0 radical (unpaired) electrons. The number of aromatic nitrogens is 2. The molecule has 22 heavy (non-hydrogen) atoms. The lowest BCUT2D eigenvalue weighted by Crippen LogP contribution is -2.17. The van der Waals surface area contributed by atoms with Gasteiger partial charge in [-0.25, -0.2) is 4.79 Å². The third-order valence-corrected chi connectivity index (χ3v) is 2.73. The van der Waals surface area contributed by atoms with Gasteiger partial charge in [0.2, 0.25) is 0 Å². The second-order valence-electron chi connectivity index (χ2n) is 4.40. The van der Waals surface area contributed by atoms with Crippen LogP contribution >= 0.6 is 0 Å². The number of aromatic carboxylic acids is 1. The molecule has 1 aromatic heterocycles. The normalized spacial score (nSPS) is 11.3. The fraction of sp³-hybridized carbons (Fsp3) is 0.154. The zero-order valence-corrected chi connectivity index (χ0v) is 11.2. The molecule has 0 aliphatic carbocycles. The van der Waals surface area contributed by atoms with Crippen molar-refractivity contribution in [2.75, 3.05) is 5.32 Å². The fourth-order valence-electron chi connectivity index (χ4n) is 1.76. The summed E-state index contributed by atoms with van der Waals surface area (Å²) in [5.74, 6) is -2.13. The van der Waals surface area contributed by atoms with Crippen LogP contribution < -0.4 is 5.32 Å². The molecule has 0 atom stereocenters. The van der Waals surface area contributed by atoms with Crippen LogP contribution in [-0.4, -0.2) is 26.8 Å². The molecule has 0 bridgehead atoms. The highest BCUT2D eigenvalue weighted by molar-refractivity contribution is 6.05. The van der Waals surface area contributed by atoms with Gasteiger partial charge in [0.15, 0.2) is 5.69 Å². The molecule has 1 amide bonds. The Morgan fingerprint density at radius 3 is 2.32 bits per heavy atom. The van der Waals surface area contributed by atoms with Crippen LogP contribution in [0.3, 0.4) is 0 Å². The molecule has 1 aromatic carbocycles. The van der Waals surface area contributed by atoms with Crippen molar-refractivity contribution in [3.63, 3.8) is 0 Å². The molecule has 1 heterocycles. The number of rotatable bonds is 3. The average Bonchev–Trinajstić information content (AvgIpc) is 2.81. The van der Waals surface area contributed by atoms with Crippen molar-refractivity contribution in [1.82, 2.24) is 9.78 Å². The molecular formula is C13H10F3N3O3. The number of nitrogens with one attached hydrogen (secondary N) is 1. The van der Waals surface area contributed by atoms with Gasteiger partial charge in [-0.1, -0.05) is 0 Å². The molecular weight excluding hydrogens is 303 g/mol. The monoisotopic (exact) mass is 313 g/mol. The second kappa shape index (κ2) is 5.51. The van der Waals surface area contributed by atoms with Crippen molar-refractivity contribution in [3.8, 4) is 0 Å². The van der Waals surface area contributed by atoms with Gasteiger partial charge in [-0.05, 0) is 24.3 Å². The smallest absolute Gasteiger partial charge is 0.435 e. The molecule has 0 aliphatic rings. The summed E-state index contributed by atoms with van der Waals surface area (Å²) in [6.07, 6.45) is -3.79. The average molecular weight is 313 g/mol. The Hall–Kier alpha value is -2.84. The first kappa shape index (κ1) is 15.5. The van der Waals surface area contributed by atoms with E-state index in [1.165, 1.54) is 31.3 Å². The fourth-order valence-corrected chi connectivity index (χ4v) is 1.76. The van der Waals surface area contributed by atoms with E-state index in [1.54, 1.807) is 0 Å². The van der Waals surface area contributed by atoms with E-state index in [0.717, 1.165) is 10.9 Å². The maximum Gasteiger partial charge on any atom is 0.435 e. The van der Waals surface area contributed by atoms with Gasteiger partial charge in [-0.15, -0.1) is 0 Å². The van der Waals surface area contributed by atoms with Crippen molar-refractivity contribution in [2.24, 2.45) is 7.05 Å². The van der Waals surface area contributed by atoms with Crippen molar-refractivity contribution < 1.29 is 27.9 Å². The van der Waals surface area contributed by atoms with Gasteiger partial charge in [0, 0.05) is 18.9 Å². The van der Waals surface area contributed by atoms with Crippen LogP contribution in [0, 0.1) is 0 Å². The van der Waals surface area contributed by atoms with E-state index in [0.29, 0.717) is 0 Å². The lowest BCUT2D eigenvalue weighted by molar-refractivity contribution is -0.141. The number of aryl methyl sites for hydroxylation is 1. The first-order valence-corrected chi connectivity index (χ1v) is 5.94. The maximum atomic E-state index is 12.8. The van der Waals surface area contributed by atoms with Crippen LogP contribution in [0.15, 0.2) is 30.5 Å². The number of carbonyl (C=O) groups is 2. The molecule has 6 nitrogen and oxygen atoms in total. The summed E-state index contributed by atoms with van der Waals surface area (Å²) >= 11 is 0. The summed E-state index contributed by atoms with van der Waals surface area (Å²) in [5.41, 5.74) is -1.73. The van der Waals surface area contributed by atoms with E-state index in [9.17, 15) is 22.8 Å². The van der Waals surface area contributed by atoms with Gasteiger partial charge < -0.3 is 10.4 Å². The van der Waals surface area contributed by atoms with Gasteiger partial charge in [0.25, 0.3) is 5.91 Å². The predicted molar refractivity (Wildman–Crippen MR) is 69.6 cm³/mol. The molecule has 9 heteroatoms. The lowest BCUT2D eigenvalue weighted by atomic mass is 10.2. The first-order chi connectivity index (χ1) is 10.2. The van der Waals surface area contributed by atoms with Crippen LogP contribution in [0.1, 0.15) is 26.4 Å². The van der Waals surface area contributed by atoms with Gasteiger partial charge in [-0.2, -0.15) is 18.3 Å². The zero-order chi connectivity index (χ0) is 16.5. The van der Waals surface area contributed by atoms with E-state index in [1.807, 2.05) is 0 Å². The highest BCUT2D eigenvalue weighted by Crippen LogP contribution is 2.30. The van der Waals surface area contributed by atoms with Crippen molar-refractivity contribution in [2.45, 2.75) is 6.18 Å². The van der Waals surface area contributed by atoms with Crippen LogP contribution in [0.4, 0.5) is 18.9 Å². The summed E-state index contributed by atoms with van der Waals surface area (Å²) in [7, 11) is 1.27. The van der Waals surface area contributed by atoms with Crippen LogP contribution in [0.25, 0.3) is 0 Å². The van der Waals surface area contributed by atoms with E-state index in [2.05, 4.69) is 10.4 Å².